The summed E-state index contributed by atoms with van der Waals surface area (Å²) < 4.78 is 5.46. The predicted octanol–water partition coefficient (Wildman–Crippen LogP) is 1.94. The summed E-state index contributed by atoms with van der Waals surface area (Å²) in [4.78, 5) is 12.6. The molecule has 0 bridgehead atoms. The molecule has 0 amide bonds. The number of hydrogen-bond acceptors (Lipinski definition) is 7. The van der Waals surface area contributed by atoms with Crippen LogP contribution in [-0.4, -0.2) is 27.6 Å². The maximum absolute atomic E-state index is 5.46. The molecule has 20 heavy (non-hydrogen) atoms. The second-order valence-corrected chi connectivity index (χ2v) is 5.84. The SMILES string of the molecule is CCCOc1nc(NN)nc(NC2CCCC2(C)C)n1. The molecule has 7 heteroatoms. The van der Waals surface area contributed by atoms with Gasteiger partial charge >= 0.3 is 6.01 Å². The summed E-state index contributed by atoms with van der Waals surface area (Å²) in [6, 6.07) is 0.655. The monoisotopic (exact) mass is 280 g/mol. The van der Waals surface area contributed by atoms with Gasteiger partial charge in [-0.25, -0.2) is 5.84 Å². The van der Waals surface area contributed by atoms with Gasteiger partial charge in [0.1, 0.15) is 0 Å². The molecule has 1 saturated carbocycles. The lowest BCUT2D eigenvalue weighted by Gasteiger charge is -2.27. The van der Waals surface area contributed by atoms with Crippen molar-refractivity contribution in [3.05, 3.63) is 0 Å². The van der Waals surface area contributed by atoms with E-state index in [-0.39, 0.29) is 5.41 Å². The molecule has 1 fully saturated rings. The summed E-state index contributed by atoms with van der Waals surface area (Å²) in [5.41, 5.74) is 2.69. The van der Waals surface area contributed by atoms with E-state index in [4.69, 9.17) is 10.6 Å². The Morgan fingerprint density at radius 1 is 1.30 bits per heavy atom. The van der Waals surface area contributed by atoms with E-state index < -0.39 is 0 Å². The fraction of sp³-hybridized carbons (Fsp3) is 0.769. The maximum atomic E-state index is 5.46. The van der Waals surface area contributed by atoms with Gasteiger partial charge in [0.15, 0.2) is 0 Å². The molecule has 0 spiro atoms. The van der Waals surface area contributed by atoms with Crippen LogP contribution in [0, 0.1) is 5.41 Å². The van der Waals surface area contributed by atoms with Crippen LogP contribution in [0.3, 0.4) is 0 Å². The minimum absolute atomic E-state index is 0.243. The highest BCUT2D eigenvalue weighted by Crippen LogP contribution is 2.38. The van der Waals surface area contributed by atoms with Crippen molar-refractivity contribution in [2.24, 2.45) is 11.3 Å². The molecule has 0 radical (unpaired) electrons. The van der Waals surface area contributed by atoms with Crippen molar-refractivity contribution in [1.29, 1.82) is 0 Å². The second-order valence-electron chi connectivity index (χ2n) is 5.84. The van der Waals surface area contributed by atoms with Crippen LogP contribution in [0.4, 0.5) is 11.9 Å². The lowest BCUT2D eigenvalue weighted by atomic mass is 9.87. The Balaban J connectivity index is 2.13. The molecule has 0 saturated heterocycles. The second kappa shape index (κ2) is 6.21. The van der Waals surface area contributed by atoms with Crippen molar-refractivity contribution in [3.8, 4) is 6.01 Å². The third kappa shape index (κ3) is 3.47. The molecule has 1 aromatic rings. The number of nitrogen functional groups attached to an aromatic ring is 1. The molecule has 2 rings (SSSR count). The predicted molar refractivity (Wildman–Crippen MR) is 78.5 cm³/mol. The molecule has 0 aliphatic heterocycles. The first kappa shape index (κ1) is 14.8. The number of nitrogens with zero attached hydrogens (tertiary/aromatic N) is 3. The first-order valence-electron chi connectivity index (χ1n) is 7.17. The number of nitrogens with two attached hydrogens (primary N) is 1. The minimum Gasteiger partial charge on any atom is -0.463 e. The summed E-state index contributed by atoms with van der Waals surface area (Å²) in [6.45, 7) is 7.12. The Labute approximate surface area is 119 Å². The van der Waals surface area contributed by atoms with Crippen molar-refractivity contribution >= 4 is 11.9 Å². The minimum atomic E-state index is 0.243. The molecule has 1 heterocycles. The topological polar surface area (TPSA) is 98.0 Å². The smallest absolute Gasteiger partial charge is 0.323 e. The van der Waals surface area contributed by atoms with Crippen molar-refractivity contribution < 1.29 is 4.74 Å². The molecule has 1 aromatic heterocycles. The highest BCUT2D eigenvalue weighted by Gasteiger charge is 2.34. The van der Waals surface area contributed by atoms with E-state index in [0.29, 0.717) is 30.6 Å². The molecule has 1 aliphatic carbocycles. The lowest BCUT2D eigenvalue weighted by Crippen LogP contribution is -2.32. The number of nitrogens with one attached hydrogen (secondary N) is 2. The van der Waals surface area contributed by atoms with Crippen molar-refractivity contribution in [2.75, 3.05) is 17.3 Å². The number of rotatable bonds is 6. The number of ether oxygens (including phenoxy) is 1. The van der Waals surface area contributed by atoms with Crippen molar-refractivity contribution in [3.63, 3.8) is 0 Å². The van der Waals surface area contributed by atoms with Crippen LogP contribution < -0.4 is 21.3 Å². The number of anilines is 2. The Morgan fingerprint density at radius 2 is 2.05 bits per heavy atom. The molecule has 1 unspecified atom stereocenters. The van der Waals surface area contributed by atoms with E-state index in [0.717, 1.165) is 12.8 Å². The first-order chi connectivity index (χ1) is 9.55. The quantitative estimate of drug-likeness (QED) is 0.541. The van der Waals surface area contributed by atoms with Gasteiger partial charge in [-0.3, -0.25) is 5.43 Å². The summed E-state index contributed by atoms with van der Waals surface area (Å²) in [5, 5.41) is 3.38. The fourth-order valence-corrected chi connectivity index (χ4v) is 2.49. The maximum Gasteiger partial charge on any atom is 0.323 e. The van der Waals surface area contributed by atoms with Crippen LogP contribution in [-0.2, 0) is 0 Å². The third-order valence-corrected chi connectivity index (χ3v) is 3.74. The van der Waals surface area contributed by atoms with Gasteiger partial charge in [-0.15, -0.1) is 0 Å². The van der Waals surface area contributed by atoms with E-state index in [2.05, 4.69) is 39.5 Å². The van der Waals surface area contributed by atoms with Gasteiger partial charge in [0.25, 0.3) is 0 Å². The molecule has 112 valence electrons. The number of hydrazine groups is 1. The zero-order valence-electron chi connectivity index (χ0n) is 12.4. The zero-order valence-corrected chi connectivity index (χ0v) is 12.4. The first-order valence-corrected chi connectivity index (χ1v) is 7.17. The highest BCUT2D eigenvalue weighted by atomic mass is 16.5. The summed E-state index contributed by atoms with van der Waals surface area (Å²) >= 11 is 0. The molecule has 4 N–H and O–H groups in total. The Bertz CT molecular complexity index is 450. The number of aromatic nitrogens is 3. The Kier molecular flexibility index (Phi) is 4.59. The molecular weight excluding hydrogens is 256 g/mol. The van der Waals surface area contributed by atoms with E-state index in [1.165, 1.54) is 12.8 Å². The van der Waals surface area contributed by atoms with Gasteiger partial charge in [0.2, 0.25) is 11.9 Å². The third-order valence-electron chi connectivity index (χ3n) is 3.74. The van der Waals surface area contributed by atoms with E-state index in [1.807, 2.05) is 6.92 Å². The van der Waals surface area contributed by atoms with Gasteiger partial charge < -0.3 is 10.1 Å². The molecule has 7 nitrogen and oxygen atoms in total. The van der Waals surface area contributed by atoms with Crippen LogP contribution in [0.25, 0.3) is 0 Å². The summed E-state index contributed by atoms with van der Waals surface area (Å²) in [7, 11) is 0. The molecule has 0 aromatic carbocycles. The largest absolute Gasteiger partial charge is 0.463 e. The standard InChI is InChI=1S/C13H24N6O/c1-4-8-20-12-17-10(16-11(18-12)19-14)15-9-6-5-7-13(9,2)3/h9H,4-8,14H2,1-3H3,(H2,15,16,17,18,19). The number of hydrogen-bond donors (Lipinski definition) is 3. The van der Waals surface area contributed by atoms with Crippen molar-refractivity contribution in [2.45, 2.75) is 52.5 Å². The lowest BCUT2D eigenvalue weighted by molar-refractivity contribution is 0.291. The van der Waals surface area contributed by atoms with Crippen LogP contribution >= 0.6 is 0 Å². The molecular formula is C13H24N6O. The van der Waals surface area contributed by atoms with Gasteiger partial charge in [0, 0.05) is 6.04 Å². The molecule has 1 atom stereocenters. The van der Waals surface area contributed by atoms with Crippen LogP contribution in [0.5, 0.6) is 6.01 Å². The van der Waals surface area contributed by atoms with Crippen LogP contribution in [0.2, 0.25) is 0 Å². The van der Waals surface area contributed by atoms with Gasteiger partial charge in [-0.2, -0.15) is 15.0 Å². The average molecular weight is 280 g/mol. The summed E-state index contributed by atoms with van der Waals surface area (Å²) in [6.07, 6.45) is 4.44. The van der Waals surface area contributed by atoms with Gasteiger partial charge in [0.05, 0.1) is 6.61 Å². The highest BCUT2D eigenvalue weighted by molar-refractivity contribution is 5.36. The zero-order chi connectivity index (χ0) is 14.6. The Morgan fingerprint density at radius 3 is 2.65 bits per heavy atom. The molecule has 1 aliphatic rings. The van der Waals surface area contributed by atoms with Gasteiger partial charge in [-0.05, 0) is 24.7 Å². The Hall–Kier alpha value is -1.63. The van der Waals surface area contributed by atoms with Crippen molar-refractivity contribution in [1.82, 2.24) is 15.0 Å². The average Bonchev–Trinajstić information content (AvgIpc) is 2.75. The van der Waals surface area contributed by atoms with E-state index >= 15 is 0 Å². The summed E-state index contributed by atoms with van der Waals surface area (Å²) in [5.74, 6) is 6.21. The van der Waals surface area contributed by atoms with Crippen LogP contribution in [0.15, 0.2) is 0 Å². The normalized spacial score (nSPS) is 20.7. The van der Waals surface area contributed by atoms with Crippen LogP contribution in [0.1, 0.15) is 46.5 Å². The van der Waals surface area contributed by atoms with Gasteiger partial charge in [-0.1, -0.05) is 27.2 Å². The fourth-order valence-electron chi connectivity index (χ4n) is 2.49. The van der Waals surface area contributed by atoms with E-state index in [9.17, 15) is 0 Å². The van der Waals surface area contributed by atoms with E-state index in [1.54, 1.807) is 0 Å².